The Morgan fingerprint density at radius 1 is 0.846 bits per heavy atom. The number of aromatic nitrogens is 3. The van der Waals surface area contributed by atoms with Crippen molar-refractivity contribution in [3.05, 3.63) is 95.8 Å². The summed E-state index contributed by atoms with van der Waals surface area (Å²) in [6.45, 7) is 0. The number of para-hydroxylation sites is 1. The molecule has 0 aliphatic rings. The zero-order valence-corrected chi connectivity index (χ0v) is 14.6. The van der Waals surface area contributed by atoms with Gasteiger partial charge in [-0.1, -0.05) is 47.7 Å². The maximum absolute atomic E-state index is 13.5. The summed E-state index contributed by atoms with van der Waals surface area (Å²) >= 11 is 6.35. The largest absolute Gasteiger partial charge is 0.212 e. The van der Waals surface area contributed by atoms with Crippen LogP contribution in [0.15, 0.2) is 78.9 Å². The average Bonchev–Trinajstić information content (AvgIpc) is 3.11. The molecule has 0 aliphatic carbocycles. The molecule has 0 amide bonds. The lowest BCUT2D eigenvalue weighted by Gasteiger charge is -2.15. The molecular formula is C21H15ClFN3. The molecule has 0 saturated carbocycles. The number of nitrogens with zero attached hydrogens (tertiary/aromatic N) is 3. The second-order valence-corrected chi connectivity index (χ2v) is 6.09. The Labute approximate surface area is 155 Å². The third-order valence-electron chi connectivity index (χ3n) is 4.22. The number of rotatable bonds is 4. The third-order valence-corrected chi connectivity index (χ3v) is 4.49. The minimum Gasteiger partial charge on any atom is -0.212 e. The van der Waals surface area contributed by atoms with E-state index in [-0.39, 0.29) is 11.7 Å². The van der Waals surface area contributed by atoms with Crippen LogP contribution in [-0.2, 0) is 0 Å². The SMILES string of the molecule is Fc1ccc(/C(=C(\CCl)c2ccccc2)n2nnc3ccccc32)cc1. The molecule has 0 N–H and O–H groups in total. The minimum absolute atomic E-state index is 0.283. The molecule has 0 bridgehead atoms. The average molecular weight is 364 g/mol. The van der Waals surface area contributed by atoms with Gasteiger partial charge in [0.1, 0.15) is 11.3 Å². The molecule has 4 rings (SSSR count). The number of hydrogen-bond acceptors (Lipinski definition) is 2. The maximum Gasteiger partial charge on any atom is 0.123 e. The van der Waals surface area contributed by atoms with Crippen LogP contribution < -0.4 is 0 Å². The Kier molecular flexibility index (Phi) is 4.50. The highest BCUT2D eigenvalue weighted by Gasteiger charge is 2.17. The molecule has 0 fully saturated rings. The van der Waals surface area contributed by atoms with E-state index in [0.29, 0.717) is 0 Å². The van der Waals surface area contributed by atoms with Crippen LogP contribution in [0.3, 0.4) is 0 Å². The fourth-order valence-electron chi connectivity index (χ4n) is 2.98. The van der Waals surface area contributed by atoms with Crippen LogP contribution in [0, 0.1) is 5.82 Å². The zero-order valence-electron chi connectivity index (χ0n) is 13.8. The monoisotopic (exact) mass is 363 g/mol. The van der Waals surface area contributed by atoms with E-state index < -0.39 is 0 Å². The van der Waals surface area contributed by atoms with Crippen LogP contribution in [0.25, 0.3) is 22.3 Å². The molecule has 26 heavy (non-hydrogen) atoms. The van der Waals surface area contributed by atoms with Crippen molar-refractivity contribution in [3.8, 4) is 0 Å². The van der Waals surface area contributed by atoms with Crippen LogP contribution in [-0.4, -0.2) is 20.9 Å². The first kappa shape index (κ1) is 16.5. The maximum atomic E-state index is 13.5. The van der Waals surface area contributed by atoms with Crippen LogP contribution in [0.1, 0.15) is 11.1 Å². The summed E-state index contributed by atoms with van der Waals surface area (Å²) in [5.74, 6) is -0.00561. The van der Waals surface area contributed by atoms with Gasteiger partial charge in [-0.2, -0.15) is 0 Å². The van der Waals surface area contributed by atoms with Gasteiger partial charge in [-0.05, 0) is 42.0 Å². The van der Waals surface area contributed by atoms with Crippen molar-refractivity contribution in [1.29, 1.82) is 0 Å². The molecule has 3 aromatic carbocycles. The molecule has 0 atom stereocenters. The molecule has 0 saturated heterocycles. The number of alkyl halides is 1. The molecule has 0 aliphatic heterocycles. The van der Waals surface area contributed by atoms with Crippen LogP contribution >= 0.6 is 11.6 Å². The second-order valence-electron chi connectivity index (χ2n) is 5.82. The lowest BCUT2D eigenvalue weighted by molar-refractivity contribution is 0.627. The molecule has 1 heterocycles. The summed E-state index contributed by atoms with van der Waals surface area (Å²) < 4.78 is 15.2. The summed E-state index contributed by atoms with van der Waals surface area (Å²) in [6.07, 6.45) is 0. The number of allylic oxidation sites excluding steroid dienone is 1. The lowest BCUT2D eigenvalue weighted by Crippen LogP contribution is -2.06. The molecule has 4 aromatic rings. The smallest absolute Gasteiger partial charge is 0.123 e. The van der Waals surface area contributed by atoms with Crippen molar-refractivity contribution in [2.75, 3.05) is 5.88 Å². The normalized spacial score (nSPS) is 12.2. The Bertz CT molecular complexity index is 1070. The van der Waals surface area contributed by atoms with Crippen molar-refractivity contribution in [2.45, 2.75) is 0 Å². The van der Waals surface area contributed by atoms with Gasteiger partial charge in [0.2, 0.25) is 0 Å². The first-order valence-corrected chi connectivity index (χ1v) is 8.72. The van der Waals surface area contributed by atoms with E-state index in [1.807, 2.05) is 54.6 Å². The first-order chi connectivity index (χ1) is 12.8. The lowest BCUT2D eigenvalue weighted by atomic mass is 10.0. The summed E-state index contributed by atoms with van der Waals surface area (Å²) in [5, 5.41) is 8.60. The molecule has 128 valence electrons. The van der Waals surface area contributed by atoms with E-state index >= 15 is 0 Å². The van der Waals surface area contributed by atoms with Gasteiger partial charge in [-0.15, -0.1) is 16.7 Å². The summed E-state index contributed by atoms with van der Waals surface area (Å²) in [7, 11) is 0. The molecule has 1 aromatic heterocycles. The molecule has 0 spiro atoms. The third kappa shape index (κ3) is 3.00. The predicted molar refractivity (Wildman–Crippen MR) is 103 cm³/mol. The molecule has 3 nitrogen and oxygen atoms in total. The van der Waals surface area contributed by atoms with Gasteiger partial charge in [0.05, 0.1) is 17.1 Å². The van der Waals surface area contributed by atoms with E-state index in [2.05, 4.69) is 10.3 Å². The quantitative estimate of drug-likeness (QED) is 0.367. The molecule has 5 heteroatoms. The van der Waals surface area contributed by atoms with E-state index in [1.54, 1.807) is 16.8 Å². The van der Waals surface area contributed by atoms with Gasteiger partial charge in [-0.3, -0.25) is 0 Å². The van der Waals surface area contributed by atoms with Crippen molar-refractivity contribution in [1.82, 2.24) is 15.0 Å². The first-order valence-electron chi connectivity index (χ1n) is 8.19. The highest BCUT2D eigenvalue weighted by molar-refractivity contribution is 6.25. The van der Waals surface area contributed by atoms with Gasteiger partial charge in [-0.25, -0.2) is 9.07 Å². The highest BCUT2D eigenvalue weighted by Crippen LogP contribution is 2.30. The van der Waals surface area contributed by atoms with E-state index in [0.717, 1.165) is 33.4 Å². The van der Waals surface area contributed by atoms with E-state index in [9.17, 15) is 4.39 Å². The van der Waals surface area contributed by atoms with Crippen LogP contribution in [0.4, 0.5) is 4.39 Å². The van der Waals surface area contributed by atoms with E-state index in [1.165, 1.54) is 12.1 Å². The van der Waals surface area contributed by atoms with Crippen molar-refractivity contribution < 1.29 is 4.39 Å². The topological polar surface area (TPSA) is 30.7 Å². The molecule has 0 radical (unpaired) electrons. The number of benzene rings is 3. The summed E-state index contributed by atoms with van der Waals surface area (Å²) in [5.41, 5.74) is 5.15. The number of hydrogen-bond donors (Lipinski definition) is 0. The number of halogens is 2. The van der Waals surface area contributed by atoms with Crippen LogP contribution in [0.2, 0.25) is 0 Å². The van der Waals surface area contributed by atoms with Gasteiger partial charge in [0.15, 0.2) is 0 Å². The van der Waals surface area contributed by atoms with Gasteiger partial charge >= 0.3 is 0 Å². The van der Waals surface area contributed by atoms with Crippen LogP contribution in [0.5, 0.6) is 0 Å². The molecular weight excluding hydrogens is 349 g/mol. The van der Waals surface area contributed by atoms with E-state index in [4.69, 9.17) is 11.6 Å². The van der Waals surface area contributed by atoms with Crippen molar-refractivity contribution in [3.63, 3.8) is 0 Å². The second kappa shape index (κ2) is 7.10. The Balaban J connectivity index is 2.04. The zero-order chi connectivity index (χ0) is 17.9. The van der Waals surface area contributed by atoms with Gasteiger partial charge < -0.3 is 0 Å². The van der Waals surface area contributed by atoms with Crippen molar-refractivity contribution in [2.24, 2.45) is 0 Å². The highest BCUT2D eigenvalue weighted by atomic mass is 35.5. The number of fused-ring (bicyclic) bond motifs is 1. The summed E-state index contributed by atoms with van der Waals surface area (Å²) in [4.78, 5) is 0. The summed E-state index contributed by atoms with van der Waals surface area (Å²) in [6, 6.07) is 23.9. The minimum atomic E-state index is -0.288. The predicted octanol–water partition coefficient (Wildman–Crippen LogP) is 5.23. The molecule has 0 unspecified atom stereocenters. The van der Waals surface area contributed by atoms with Gasteiger partial charge in [0.25, 0.3) is 0 Å². The van der Waals surface area contributed by atoms with Crippen molar-refractivity contribution >= 4 is 33.9 Å². The fourth-order valence-corrected chi connectivity index (χ4v) is 3.26. The van der Waals surface area contributed by atoms with Gasteiger partial charge in [0, 0.05) is 11.1 Å². The fraction of sp³-hybridized carbons (Fsp3) is 0.0476. The Morgan fingerprint density at radius 3 is 2.27 bits per heavy atom. The standard InChI is InChI=1S/C21H15ClFN3/c22-14-18(15-6-2-1-3-7-15)21(16-10-12-17(23)13-11-16)26-20-9-5-4-8-19(20)24-25-26/h1-13H,14H2/b21-18-. The Hall–Kier alpha value is -2.98. The Morgan fingerprint density at radius 2 is 1.54 bits per heavy atom.